The summed E-state index contributed by atoms with van der Waals surface area (Å²) in [6.07, 6.45) is 1.07. The van der Waals surface area contributed by atoms with E-state index in [1.165, 1.54) is 11.1 Å². The average Bonchev–Trinajstić information content (AvgIpc) is 2.26. The molecule has 0 aliphatic carbocycles. The molecule has 0 bridgehead atoms. The van der Waals surface area contributed by atoms with Crippen molar-refractivity contribution in [1.82, 2.24) is 10.7 Å². The molecule has 0 fully saturated rings. The van der Waals surface area contributed by atoms with Gasteiger partial charge >= 0.3 is 0 Å². The maximum atomic E-state index is 5.13. The number of hydrogen-bond acceptors (Lipinski definition) is 2. The van der Waals surface area contributed by atoms with Crippen molar-refractivity contribution in [3.8, 4) is 0 Å². The van der Waals surface area contributed by atoms with E-state index in [9.17, 15) is 0 Å². The van der Waals surface area contributed by atoms with E-state index in [1.54, 1.807) is 0 Å². The standard InChI is InChI=1S/C10H15N3S/c1-2-8-3-5-9(6-4-8)7-12-10(14)13-11/h3-6H,2,7,11H2,1H3,(H2,12,13,14). The Hall–Kier alpha value is -1.13. The molecular formula is C10H15N3S. The maximum absolute atomic E-state index is 5.13. The van der Waals surface area contributed by atoms with Gasteiger partial charge in [0.2, 0.25) is 0 Å². The van der Waals surface area contributed by atoms with Gasteiger partial charge in [0.1, 0.15) is 0 Å². The largest absolute Gasteiger partial charge is 0.358 e. The summed E-state index contributed by atoms with van der Waals surface area (Å²) in [5.41, 5.74) is 4.91. The van der Waals surface area contributed by atoms with E-state index >= 15 is 0 Å². The molecule has 0 spiro atoms. The van der Waals surface area contributed by atoms with Gasteiger partial charge in [0.05, 0.1) is 0 Å². The van der Waals surface area contributed by atoms with Gasteiger partial charge in [-0.1, -0.05) is 31.2 Å². The molecule has 14 heavy (non-hydrogen) atoms. The molecule has 0 saturated heterocycles. The molecule has 0 atom stereocenters. The second-order valence-electron chi connectivity index (χ2n) is 3.00. The minimum atomic E-state index is 0.463. The first-order valence-electron chi connectivity index (χ1n) is 4.58. The van der Waals surface area contributed by atoms with Gasteiger partial charge in [0.15, 0.2) is 5.11 Å². The Morgan fingerprint density at radius 1 is 1.29 bits per heavy atom. The molecule has 0 amide bonds. The summed E-state index contributed by atoms with van der Waals surface area (Å²) >= 11 is 4.86. The Morgan fingerprint density at radius 3 is 2.36 bits per heavy atom. The van der Waals surface area contributed by atoms with Gasteiger partial charge in [-0.05, 0) is 29.8 Å². The van der Waals surface area contributed by atoms with E-state index in [1.807, 2.05) is 0 Å². The van der Waals surface area contributed by atoms with E-state index in [0.29, 0.717) is 11.7 Å². The molecule has 0 unspecified atom stereocenters. The number of hydrogen-bond donors (Lipinski definition) is 3. The Morgan fingerprint density at radius 2 is 1.86 bits per heavy atom. The first kappa shape index (κ1) is 10.9. The number of rotatable bonds is 3. The second kappa shape index (κ2) is 5.57. The summed E-state index contributed by atoms with van der Waals surface area (Å²) in [4.78, 5) is 0. The van der Waals surface area contributed by atoms with Gasteiger partial charge in [0, 0.05) is 6.54 Å². The lowest BCUT2D eigenvalue weighted by Gasteiger charge is -2.07. The number of nitrogens with two attached hydrogens (primary N) is 1. The summed E-state index contributed by atoms with van der Waals surface area (Å²) in [5, 5.41) is 3.44. The summed E-state index contributed by atoms with van der Waals surface area (Å²) < 4.78 is 0. The topological polar surface area (TPSA) is 50.1 Å². The Bertz CT molecular complexity index is 295. The van der Waals surface area contributed by atoms with Crippen LogP contribution in [0.1, 0.15) is 18.1 Å². The van der Waals surface area contributed by atoms with Gasteiger partial charge in [-0.2, -0.15) is 0 Å². The Kier molecular flexibility index (Phi) is 4.35. The predicted octanol–water partition coefficient (Wildman–Crippen LogP) is 1.09. The molecule has 1 rings (SSSR count). The van der Waals surface area contributed by atoms with E-state index in [2.05, 4.69) is 41.9 Å². The zero-order valence-corrected chi connectivity index (χ0v) is 9.03. The first-order chi connectivity index (χ1) is 6.76. The molecule has 0 aliphatic rings. The van der Waals surface area contributed by atoms with Crippen molar-refractivity contribution < 1.29 is 0 Å². The normalized spacial score (nSPS) is 9.57. The molecule has 0 aliphatic heterocycles. The monoisotopic (exact) mass is 209 g/mol. The summed E-state index contributed by atoms with van der Waals surface area (Å²) in [5.74, 6) is 5.13. The van der Waals surface area contributed by atoms with E-state index in [4.69, 9.17) is 18.1 Å². The Balaban J connectivity index is 2.47. The molecule has 4 N–H and O–H groups in total. The van der Waals surface area contributed by atoms with Gasteiger partial charge in [-0.3, -0.25) is 0 Å². The fourth-order valence-electron chi connectivity index (χ4n) is 1.13. The average molecular weight is 209 g/mol. The zero-order valence-electron chi connectivity index (χ0n) is 8.21. The smallest absolute Gasteiger partial charge is 0.180 e. The van der Waals surface area contributed by atoms with Crippen LogP contribution in [0.25, 0.3) is 0 Å². The van der Waals surface area contributed by atoms with Crippen LogP contribution in [0.4, 0.5) is 0 Å². The highest BCUT2D eigenvalue weighted by atomic mass is 32.1. The third-order valence-corrected chi connectivity index (χ3v) is 2.28. The van der Waals surface area contributed by atoms with Crippen molar-refractivity contribution >= 4 is 17.3 Å². The molecule has 76 valence electrons. The molecule has 0 saturated carbocycles. The van der Waals surface area contributed by atoms with Crippen molar-refractivity contribution in [1.29, 1.82) is 0 Å². The highest BCUT2D eigenvalue weighted by molar-refractivity contribution is 7.80. The number of hydrazine groups is 1. The number of thiocarbonyl (C=S) groups is 1. The van der Waals surface area contributed by atoms with Crippen LogP contribution >= 0.6 is 12.2 Å². The molecule has 0 heterocycles. The van der Waals surface area contributed by atoms with Gasteiger partial charge in [-0.15, -0.1) is 0 Å². The fourth-order valence-corrected chi connectivity index (χ4v) is 1.20. The quantitative estimate of drug-likeness (QED) is 0.396. The van der Waals surface area contributed by atoms with Crippen LogP contribution in [0.5, 0.6) is 0 Å². The van der Waals surface area contributed by atoms with Crippen LogP contribution in [0.15, 0.2) is 24.3 Å². The molecular weight excluding hydrogens is 194 g/mol. The lowest BCUT2D eigenvalue weighted by Crippen LogP contribution is -2.39. The second-order valence-corrected chi connectivity index (χ2v) is 3.41. The van der Waals surface area contributed by atoms with Crippen LogP contribution in [-0.4, -0.2) is 5.11 Å². The van der Waals surface area contributed by atoms with Gasteiger partial charge in [-0.25, -0.2) is 5.84 Å². The molecule has 4 heteroatoms. The van der Waals surface area contributed by atoms with Crippen molar-refractivity contribution in [2.45, 2.75) is 19.9 Å². The lowest BCUT2D eigenvalue weighted by atomic mass is 10.1. The third kappa shape index (κ3) is 3.32. The van der Waals surface area contributed by atoms with Crippen LogP contribution < -0.4 is 16.6 Å². The highest BCUT2D eigenvalue weighted by Crippen LogP contribution is 2.04. The molecule has 0 radical (unpaired) electrons. The minimum absolute atomic E-state index is 0.463. The highest BCUT2D eigenvalue weighted by Gasteiger charge is 1.94. The molecule has 1 aromatic carbocycles. The molecule has 3 nitrogen and oxygen atoms in total. The van der Waals surface area contributed by atoms with Crippen LogP contribution in [-0.2, 0) is 13.0 Å². The molecule has 0 aromatic heterocycles. The minimum Gasteiger partial charge on any atom is -0.358 e. The van der Waals surface area contributed by atoms with Crippen LogP contribution in [0, 0.1) is 0 Å². The maximum Gasteiger partial charge on any atom is 0.180 e. The number of benzene rings is 1. The van der Waals surface area contributed by atoms with Crippen LogP contribution in [0.3, 0.4) is 0 Å². The lowest BCUT2D eigenvalue weighted by molar-refractivity contribution is 0.865. The summed E-state index contributed by atoms with van der Waals surface area (Å²) in [7, 11) is 0. The van der Waals surface area contributed by atoms with Gasteiger partial charge in [0.25, 0.3) is 0 Å². The summed E-state index contributed by atoms with van der Waals surface area (Å²) in [6, 6.07) is 8.42. The number of aryl methyl sites for hydroxylation is 1. The Labute approximate surface area is 89.7 Å². The van der Waals surface area contributed by atoms with Gasteiger partial charge < -0.3 is 10.7 Å². The van der Waals surface area contributed by atoms with E-state index in [-0.39, 0.29) is 0 Å². The summed E-state index contributed by atoms with van der Waals surface area (Å²) in [6.45, 7) is 2.84. The predicted molar refractivity (Wildman–Crippen MR) is 62.6 cm³/mol. The van der Waals surface area contributed by atoms with E-state index < -0.39 is 0 Å². The first-order valence-corrected chi connectivity index (χ1v) is 4.99. The van der Waals surface area contributed by atoms with Crippen molar-refractivity contribution in [3.05, 3.63) is 35.4 Å². The molecule has 1 aromatic rings. The fraction of sp³-hybridized carbons (Fsp3) is 0.300. The number of nitrogens with one attached hydrogen (secondary N) is 2. The van der Waals surface area contributed by atoms with Crippen molar-refractivity contribution in [3.63, 3.8) is 0 Å². The van der Waals surface area contributed by atoms with Crippen LogP contribution in [0.2, 0.25) is 0 Å². The van der Waals surface area contributed by atoms with E-state index in [0.717, 1.165) is 6.42 Å². The third-order valence-electron chi connectivity index (χ3n) is 2.02. The van der Waals surface area contributed by atoms with Crippen molar-refractivity contribution in [2.75, 3.05) is 0 Å². The van der Waals surface area contributed by atoms with Crippen molar-refractivity contribution in [2.24, 2.45) is 5.84 Å². The SMILES string of the molecule is CCc1ccc(CNC(=S)NN)cc1. The zero-order chi connectivity index (χ0) is 10.4.